The first kappa shape index (κ1) is 11.2. The van der Waals surface area contributed by atoms with Gasteiger partial charge < -0.3 is 10.1 Å². The number of para-hydroxylation sites is 1. The van der Waals surface area contributed by atoms with Crippen molar-refractivity contribution in [2.75, 3.05) is 0 Å². The average molecular weight is 203 g/mol. The molecule has 0 aliphatic carbocycles. The van der Waals surface area contributed by atoms with Crippen molar-refractivity contribution < 1.29 is 9.53 Å². The number of ketones is 1. The standard InChI is InChI=1S/C12H13NO2/c1-9(8-13)12(10(2)14)15-11-6-4-3-5-7-11/h3-8,13H,1-2H3/b12-9+,13-8?. The highest BCUT2D eigenvalue weighted by Gasteiger charge is 2.09. The van der Waals surface area contributed by atoms with E-state index < -0.39 is 0 Å². The highest BCUT2D eigenvalue weighted by molar-refractivity contribution is 5.97. The molecule has 3 nitrogen and oxygen atoms in total. The fraction of sp³-hybridized carbons (Fsp3) is 0.167. The Balaban J connectivity index is 2.96. The Morgan fingerprint density at radius 1 is 1.27 bits per heavy atom. The maximum Gasteiger partial charge on any atom is 0.195 e. The van der Waals surface area contributed by atoms with Crippen molar-refractivity contribution in [3.05, 3.63) is 41.7 Å². The summed E-state index contributed by atoms with van der Waals surface area (Å²) >= 11 is 0. The SMILES string of the molecule is CC(=O)/C(Oc1ccccc1)=C(/C)C=N. The van der Waals surface area contributed by atoms with Gasteiger partial charge in [0.15, 0.2) is 11.5 Å². The summed E-state index contributed by atoms with van der Waals surface area (Å²) in [5.41, 5.74) is 0.520. The number of carbonyl (C=O) groups is 1. The van der Waals surface area contributed by atoms with Crippen molar-refractivity contribution in [2.24, 2.45) is 0 Å². The molecule has 78 valence electrons. The summed E-state index contributed by atoms with van der Waals surface area (Å²) in [6.07, 6.45) is 1.11. The van der Waals surface area contributed by atoms with Crippen molar-refractivity contribution >= 4 is 12.0 Å². The molecule has 0 radical (unpaired) electrons. The zero-order valence-electron chi connectivity index (χ0n) is 8.78. The third-order valence-corrected chi connectivity index (χ3v) is 1.86. The van der Waals surface area contributed by atoms with E-state index >= 15 is 0 Å². The minimum Gasteiger partial charge on any atom is -0.453 e. The fourth-order valence-electron chi connectivity index (χ4n) is 1.10. The molecule has 1 rings (SSSR count). The maximum atomic E-state index is 11.3. The summed E-state index contributed by atoms with van der Waals surface area (Å²) in [5, 5.41) is 7.08. The van der Waals surface area contributed by atoms with Gasteiger partial charge in [0.25, 0.3) is 0 Å². The molecule has 0 aliphatic rings. The summed E-state index contributed by atoms with van der Waals surface area (Å²) in [6.45, 7) is 3.10. The van der Waals surface area contributed by atoms with Gasteiger partial charge in [-0.15, -0.1) is 0 Å². The van der Waals surface area contributed by atoms with E-state index in [1.54, 1.807) is 19.1 Å². The van der Waals surface area contributed by atoms with Crippen molar-refractivity contribution in [3.63, 3.8) is 0 Å². The minimum absolute atomic E-state index is 0.181. The van der Waals surface area contributed by atoms with E-state index in [0.717, 1.165) is 6.21 Å². The maximum absolute atomic E-state index is 11.3. The number of Topliss-reactive ketones (excluding diaryl/α,β-unsaturated/α-hetero) is 1. The van der Waals surface area contributed by atoms with E-state index in [4.69, 9.17) is 10.1 Å². The highest BCUT2D eigenvalue weighted by atomic mass is 16.5. The van der Waals surface area contributed by atoms with Crippen molar-refractivity contribution in [1.29, 1.82) is 5.41 Å². The van der Waals surface area contributed by atoms with Gasteiger partial charge in [-0.1, -0.05) is 18.2 Å². The molecule has 0 amide bonds. The lowest BCUT2D eigenvalue weighted by Gasteiger charge is -2.08. The monoisotopic (exact) mass is 203 g/mol. The Morgan fingerprint density at radius 3 is 2.33 bits per heavy atom. The molecule has 0 aromatic heterocycles. The van der Waals surface area contributed by atoms with Gasteiger partial charge in [-0.3, -0.25) is 4.79 Å². The Kier molecular flexibility index (Phi) is 3.80. The largest absolute Gasteiger partial charge is 0.453 e. The molecule has 1 aromatic rings. The van der Waals surface area contributed by atoms with E-state index in [1.165, 1.54) is 6.92 Å². The summed E-state index contributed by atoms with van der Waals surface area (Å²) in [5.74, 6) is 0.639. The summed E-state index contributed by atoms with van der Waals surface area (Å²) in [7, 11) is 0. The van der Waals surface area contributed by atoms with Gasteiger partial charge in [-0.05, 0) is 19.1 Å². The molecule has 15 heavy (non-hydrogen) atoms. The Hall–Kier alpha value is -1.90. The van der Waals surface area contributed by atoms with E-state index in [1.807, 2.05) is 18.2 Å². The molecule has 0 fully saturated rings. The summed E-state index contributed by atoms with van der Waals surface area (Å²) in [4.78, 5) is 11.3. The first-order valence-electron chi connectivity index (χ1n) is 4.60. The van der Waals surface area contributed by atoms with Gasteiger partial charge >= 0.3 is 0 Å². The predicted molar refractivity (Wildman–Crippen MR) is 59.2 cm³/mol. The molecule has 1 N–H and O–H groups in total. The topological polar surface area (TPSA) is 50.2 Å². The average Bonchev–Trinajstić information content (AvgIpc) is 2.26. The lowest BCUT2D eigenvalue weighted by molar-refractivity contribution is -0.115. The van der Waals surface area contributed by atoms with Gasteiger partial charge in [-0.25, -0.2) is 0 Å². The molecule has 0 saturated heterocycles. The fourth-order valence-corrected chi connectivity index (χ4v) is 1.10. The smallest absolute Gasteiger partial charge is 0.195 e. The van der Waals surface area contributed by atoms with Crippen LogP contribution in [0.25, 0.3) is 0 Å². The molecular formula is C12H13NO2. The molecule has 0 aliphatic heterocycles. The molecular weight excluding hydrogens is 190 g/mol. The Bertz CT molecular complexity index is 393. The molecule has 3 heteroatoms. The highest BCUT2D eigenvalue weighted by Crippen LogP contribution is 2.15. The third kappa shape index (κ3) is 3.06. The molecule has 1 aromatic carbocycles. The molecule has 0 atom stereocenters. The van der Waals surface area contributed by atoms with E-state index in [2.05, 4.69) is 0 Å². The van der Waals surface area contributed by atoms with Crippen LogP contribution in [0.15, 0.2) is 41.7 Å². The number of ether oxygens (including phenoxy) is 1. The number of nitrogens with one attached hydrogen (secondary N) is 1. The second kappa shape index (κ2) is 5.10. The molecule has 0 unspecified atom stereocenters. The summed E-state index contributed by atoms with van der Waals surface area (Å²) < 4.78 is 5.41. The number of hydrogen-bond acceptors (Lipinski definition) is 3. The van der Waals surface area contributed by atoms with Crippen LogP contribution in [0.2, 0.25) is 0 Å². The van der Waals surface area contributed by atoms with Crippen LogP contribution in [0.1, 0.15) is 13.8 Å². The van der Waals surface area contributed by atoms with Crippen LogP contribution in [0.3, 0.4) is 0 Å². The van der Waals surface area contributed by atoms with Crippen LogP contribution >= 0.6 is 0 Å². The van der Waals surface area contributed by atoms with Crippen LogP contribution in [-0.2, 0) is 4.79 Å². The lowest BCUT2D eigenvalue weighted by Crippen LogP contribution is -2.08. The van der Waals surface area contributed by atoms with Crippen LogP contribution in [0.5, 0.6) is 5.75 Å². The number of hydrogen-bond donors (Lipinski definition) is 1. The van der Waals surface area contributed by atoms with Gasteiger partial charge in [0.1, 0.15) is 5.75 Å². The van der Waals surface area contributed by atoms with E-state index in [9.17, 15) is 4.79 Å². The molecule has 0 saturated carbocycles. The molecule has 0 bridgehead atoms. The minimum atomic E-state index is -0.181. The first-order chi connectivity index (χ1) is 7.15. The first-order valence-corrected chi connectivity index (χ1v) is 4.60. The quantitative estimate of drug-likeness (QED) is 0.464. The van der Waals surface area contributed by atoms with Crippen LogP contribution < -0.4 is 4.74 Å². The molecule has 0 spiro atoms. The van der Waals surface area contributed by atoms with Crippen LogP contribution in [0, 0.1) is 5.41 Å². The number of benzene rings is 1. The second-order valence-corrected chi connectivity index (χ2v) is 3.13. The number of rotatable bonds is 4. The Labute approximate surface area is 88.9 Å². The second-order valence-electron chi connectivity index (χ2n) is 3.13. The normalized spacial score (nSPS) is 11.6. The van der Waals surface area contributed by atoms with E-state index in [-0.39, 0.29) is 11.5 Å². The molecule has 0 heterocycles. The number of carbonyl (C=O) groups excluding carboxylic acids is 1. The zero-order valence-corrected chi connectivity index (χ0v) is 8.78. The van der Waals surface area contributed by atoms with Crippen molar-refractivity contribution in [1.82, 2.24) is 0 Å². The number of allylic oxidation sites excluding steroid dienone is 2. The van der Waals surface area contributed by atoms with Gasteiger partial charge in [-0.2, -0.15) is 0 Å². The third-order valence-electron chi connectivity index (χ3n) is 1.86. The van der Waals surface area contributed by atoms with Gasteiger partial charge in [0.05, 0.1) is 0 Å². The zero-order chi connectivity index (χ0) is 11.3. The van der Waals surface area contributed by atoms with Crippen LogP contribution in [0.4, 0.5) is 0 Å². The Morgan fingerprint density at radius 2 is 1.87 bits per heavy atom. The van der Waals surface area contributed by atoms with Crippen molar-refractivity contribution in [2.45, 2.75) is 13.8 Å². The van der Waals surface area contributed by atoms with Gasteiger partial charge in [0, 0.05) is 18.7 Å². The van der Waals surface area contributed by atoms with Gasteiger partial charge in [0.2, 0.25) is 0 Å². The summed E-state index contributed by atoms with van der Waals surface area (Å²) in [6, 6.07) is 9.05. The predicted octanol–water partition coefficient (Wildman–Crippen LogP) is 2.58. The van der Waals surface area contributed by atoms with Crippen LogP contribution in [-0.4, -0.2) is 12.0 Å². The lowest BCUT2D eigenvalue weighted by atomic mass is 10.2. The van der Waals surface area contributed by atoms with Crippen molar-refractivity contribution in [3.8, 4) is 5.75 Å². The van der Waals surface area contributed by atoms with E-state index in [0.29, 0.717) is 11.3 Å².